The van der Waals surface area contributed by atoms with Gasteiger partial charge in [-0.05, 0) is 39.0 Å². The van der Waals surface area contributed by atoms with Gasteiger partial charge in [0.1, 0.15) is 5.75 Å². The molecule has 5 nitrogen and oxygen atoms in total. The van der Waals surface area contributed by atoms with Gasteiger partial charge in [0.15, 0.2) is 5.78 Å². The Morgan fingerprint density at radius 2 is 1.86 bits per heavy atom. The van der Waals surface area contributed by atoms with Gasteiger partial charge in [-0.2, -0.15) is 0 Å². The van der Waals surface area contributed by atoms with Crippen LogP contribution in [0.5, 0.6) is 11.8 Å². The van der Waals surface area contributed by atoms with E-state index in [1.165, 1.54) is 14.0 Å². The molecule has 2 rings (SSSR count). The third kappa shape index (κ3) is 3.56. The van der Waals surface area contributed by atoms with Gasteiger partial charge in [0, 0.05) is 29.1 Å². The molecule has 0 bridgehead atoms. The van der Waals surface area contributed by atoms with Crippen LogP contribution in [-0.4, -0.2) is 29.0 Å². The van der Waals surface area contributed by atoms with Crippen molar-refractivity contribution in [2.75, 3.05) is 7.11 Å². The monoisotopic (exact) mass is 286 g/mol. The minimum absolute atomic E-state index is 0.00165. The molecule has 0 radical (unpaired) electrons. The van der Waals surface area contributed by atoms with Crippen molar-refractivity contribution in [2.24, 2.45) is 0 Å². The van der Waals surface area contributed by atoms with E-state index in [2.05, 4.69) is 9.97 Å². The number of benzene rings is 1. The number of hydrogen-bond acceptors (Lipinski definition) is 5. The predicted octanol–water partition coefficient (Wildman–Crippen LogP) is 3.14. The third-order valence-corrected chi connectivity index (χ3v) is 2.87. The highest BCUT2D eigenvalue weighted by molar-refractivity contribution is 5.95. The lowest BCUT2D eigenvalue weighted by Gasteiger charge is -2.15. The van der Waals surface area contributed by atoms with Crippen LogP contribution < -0.4 is 9.47 Å². The first-order valence-electron chi connectivity index (χ1n) is 6.69. The Kier molecular flexibility index (Phi) is 4.52. The van der Waals surface area contributed by atoms with E-state index in [1.54, 1.807) is 30.6 Å². The molecule has 0 unspecified atom stereocenters. The van der Waals surface area contributed by atoms with Gasteiger partial charge in [-0.1, -0.05) is 0 Å². The molecule has 0 aliphatic heterocycles. The summed E-state index contributed by atoms with van der Waals surface area (Å²) < 4.78 is 10.7. The maximum atomic E-state index is 11.6. The Labute approximate surface area is 124 Å². The summed E-state index contributed by atoms with van der Waals surface area (Å²) in [7, 11) is 1.51. The third-order valence-electron chi connectivity index (χ3n) is 2.87. The van der Waals surface area contributed by atoms with Crippen molar-refractivity contribution in [2.45, 2.75) is 26.9 Å². The van der Waals surface area contributed by atoms with Gasteiger partial charge < -0.3 is 9.47 Å². The van der Waals surface area contributed by atoms with Crippen LogP contribution in [0.3, 0.4) is 0 Å². The lowest BCUT2D eigenvalue weighted by atomic mass is 10.0. The molecule has 5 heteroatoms. The van der Waals surface area contributed by atoms with E-state index in [-0.39, 0.29) is 11.9 Å². The summed E-state index contributed by atoms with van der Waals surface area (Å²) in [5.74, 6) is 0.700. The van der Waals surface area contributed by atoms with Crippen LogP contribution in [0.2, 0.25) is 0 Å². The molecule has 0 amide bonds. The highest BCUT2D eigenvalue weighted by Crippen LogP contribution is 2.31. The first kappa shape index (κ1) is 15.0. The van der Waals surface area contributed by atoms with Crippen molar-refractivity contribution in [1.82, 2.24) is 9.97 Å². The summed E-state index contributed by atoms with van der Waals surface area (Å²) in [4.78, 5) is 19.8. The SMILES string of the molecule is COc1ncc(-c2cc(C(C)=O)ccc2OC(C)C)cn1. The molecule has 0 aliphatic carbocycles. The molecule has 0 aliphatic rings. The molecular weight excluding hydrogens is 268 g/mol. The Hall–Kier alpha value is -2.43. The summed E-state index contributed by atoms with van der Waals surface area (Å²) >= 11 is 0. The van der Waals surface area contributed by atoms with Crippen LogP contribution in [0, 0.1) is 0 Å². The minimum atomic E-state index is 0.00165. The molecule has 1 aromatic carbocycles. The van der Waals surface area contributed by atoms with Gasteiger partial charge in [0.25, 0.3) is 0 Å². The molecule has 1 aromatic heterocycles. The molecule has 1 heterocycles. The lowest BCUT2D eigenvalue weighted by Crippen LogP contribution is -2.07. The number of aromatic nitrogens is 2. The average Bonchev–Trinajstić information content (AvgIpc) is 2.47. The fraction of sp³-hybridized carbons (Fsp3) is 0.312. The fourth-order valence-electron chi connectivity index (χ4n) is 1.89. The minimum Gasteiger partial charge on any atom is -0.490 e. The van der Waals surface area contributed by atoms with Crippen LogP contribution in [0.1, 0.15) is 31.1 Å². The molecule has 21 heavy (non-hydrogen) atoms. The maximum absolute atomic E-state index is 11.6. The number of methoxy groups -OCH3 is 1. The average molecular weight is 286 g/mol. The Bertz CT molecular complexity index is 636. The zero-order valence-corrected chi connectivity index (χ0v) is 12.6. The highest BCUT2D eigenvalue weighted by atomic mass is 16.5. The molecule has 0 atom stereocenters. The van der Waals surface area contributed by atoms with Gasteiger partial charge in [-0.15, -0.1) is 0 Å². The van der Waals surface area contributed by atoms with Crippen molar-refractivity contribution >= 4 is 5.78 Å². The second-order valence-corrected chi connectivity index (χ2v) is 4.89. The number of rotatable bonds is 5. The largest absolute Gasteiger partial charge is 0.490 e. The molecule has 0 fully saturated rings. The van der Waals surface area contributed by atoms with Crippen molar-refractivity contribution in [3.8, 4) is 22.9 Å². The van der Waals surface area contributed by atoms with E-state index in [0.717, 1.165) is 11.1 Å². The number of carbonyl (C=O) groups is 1. The highest BCUT2D eigenvalue weighted by Gasteiger charge is 2.12. The molecule has 0 N–H and O–H groups in total. The second kappa shape index (κ2) is 6.35. The summed E-state index contributed by atoms with van der Waals surface area (Å²) in [5.41, 5.74) is 2.19. The zero-order chi connectivity index (χ0) is 15.4. The van der Waals surface area contributed by atoms with Crippen molar-refractivity contribution in [3.05, 3.63) is 36.2 Å². The number of carbonyl (C=O) groups excluding carboxylic acids is 1. The quantitative estimate of drug-likeness (QED) is 0.790. The van der Waals surface area contributed by atoms with E-state index >= 15 is 0 Å². The molecule has 0 saturated heterocycles. The maximum Gasteiger partial charge on any atom is 0.316 e. The molecule has 0 spiro atoms. The van der Waals surface area contributed by atoms with Gasteiger partial charge in [-0.3, -0.25) is 4.79 Å². The first-order valence-corrected chi connectivity index (χ1v) is 6.69. The van der Waals surface area contributed by atoms with Gasteiger partial charge in [-0.25, -0.2) is 9.97 Å². The van der Waals surface area contributed by atoms with Crippen LogP contribution >= 0.6 is 0 Å². The van der Waals surface area contributed by atoms with Crippen molar-refractivity contribution < 1.29 is 14.3 Å². The predicted molar refractivity (Wildman–Crippen MR) is 79.8 cm³/mol. The topological polar surface area (TPSA) is 61.3 Å². The normalized spacial score (nSPS) is 10.5. The number of ketones is 1. The summed E-state index contributed by atoms with van der Waals surface area (Å²) in [5, 5.41) is 0. The molecular formula is C16H18N2O3. The lowest BCUT2D eigenvalue weighted by molar-refractivity contribution is 0.101. The number of ether oxygens (including phenoxy) is 2. The number of hydrogen-bond donors (Lipinski definition) is 0. The Balaban J connectivity index is 2.50. The Morgan fingerprint density at radius 3 is 2.38 bits per heavy atom. The summed E-state index contributed by atoms with van der Waals surface area (Å²) in [6.45, 7) is 5.44. The molecule has 110 valence electrons. The summed E-state index contributed by atoms with van der Waals surface area (Å²) in [6.07, 6.45) is 3.34. The molecule has 2 aromatic rings. The second-order valence-electron chi connectivity index (χ2n) is 4.89. The van der Waals surface area contributed by atoms with E-state index < -0.39 is 0 Å². The number of nitrogens with zero attached hydrogens (tertiary/aromatic N) is 2. The first-order chi connectivity index (χ1) is 10.0. The smallest absolute Gasteiger partial charge is 0.316 e. The van der Waals surface area contributed by atoms with E-state index in [0.29, 0.717) is 17.3 Å². The van der Waals surface area contributed by atoms with Crippen LogP contribution in [-0.2, 0) is 0 Å². The van der Waals surface area contributed by atoms with Gasteiger partial charge in [0.2, 0.25) is 0 Å². The van der Waals surface area contributed by atoms with Gasteiger partial charge in [0.05, 0.1) is 13.2 Å². The van der Waals surface area contributed by atoms with Crippen LogP contribution in [0.25, 0.3) is 11.1 Å². The zero-order valence-electron chi connectivity index (χ0n) is 12.6. The Morgan fingerprint density at radius 1 is 1.19 bits per heavy atom. The van der Waals surface area contributed by atoms with Crippen molar-refractivity contribution in [1.29, 1.82) is 0 Å². The van der Waals surface area contributed by atoms with E-state index in [9.17, 15) is 4.79 Å². The number of Topliss-reactive ketones (excluding diaryl/α,β-unsaturated/α-hetero) is 1. The van der Waals surface area contributed by atoms with Crippen LogP contribution in [0.4, 0.5) is 0 Å². The molecule has 0 saturated carbocycles. The van der Waals surface area contributed by atoms with Crippen LogP contribution in [0.15, 0.2) is 30.6 Å². The fourth-order valence-corrected chi connectivity index (χ4v) is 1.89. The van der Waals surface area contributed by atoms with Crippen molar-refractivity contribution in [3.63, 3.8) is 0 Å². The summed E-state index contributed by atoms with van der Waals surface area (Å²) in [6, 6.07) is 5.66. The van der Waals surface area contributed by atoms with E-state index in [1.807, 2.05) is 13.8 Å². The van der Waals surface area contributed by atoms with E-state index in [4.69, 9.17) is 9.47 Å². The van der Waals surface area contributed by atoms with Gasteiger partial charge >= 0.3 is 6.01 Å². The standard InChI is InChI=1S/C16H18N2O3/c1-10(2)21-15-6-5-12(11(3)19)7-14(15)13-8-17-16(20-4)18-9-13/h5-10H,1-4H3.